The number of anilines is 2. The Bertz CT molecular complexity index is 1260. The van der Waals surface area contributed by atoms with Gasteiger partial charge in [-0.3, -0.25) is 14.4 Å². The predicted octanol–water partition coefficient (Wildman–Crippen LogP) is 4.51. The molecule has 1 aromatic heterocycles. The fourth-order valence-corrected chi connectivity index (χ4v) is 4.51. The topological polar surface area (TPSA) is 86.1 Å². The molecule has 2 heterocycles. The lowest BCUT2D eigenvalue weighted by Crippen LogP contribution is -2.36. The van der Waals surface area contributed by atoms with Crippen molar-refractivity contribution >= 4 is 29.1 Å². The van der Waals surface area contributed by atoms with E-state index in [0.717, 1.165) is 5.69 Å². The van der Waals surface area contributed by atoms with Gasteiger partial charge >= 0.3 is 0 Å². The van der Waals surface area contributed by atoms with Gasteiger partial charge in [-0.05, 0) is 68.8 Å². The van der Waals surface area contributed by atoms with E-state index in [1.165, 1.54) is 24.5 Å². The first-order chi connectivity index (χ1) is 17.9. The van der Waals surface area contributed by atoms with E-state index in [0.29, 0.717) is 62.5 Å². The molecule has 0 bridgehead atoms. The highest BCUT2D eigenvalue weighted by molar-refractivity contribution is 6.05. The van der Waals surface area contributed by atoms with Crippen LogP contribution in [-0.2, 0) is 0 Å². The van der Waals surface area contributed by atoms with Crippen LogP contribution in [0.15, 0.2) is 65.3 Å². The summed E-state index contributed by atoms with van der Waals surface area (Å²) in [7, 11) is 0. The summed E-state index contributed by atoms with van der Waals surface area (Å²) >= 11 is 0. The molecule has 0 aliphatic carbocycles. The van der Waals surface area contributed by atoms with Gasteiger partial charge < -0.3 is 24.4 Å². The van der Waals surface area contributed by atoms with Crippen LogP contribution in [0.5, 0.6) is 0 Å². The molecule has 1 saturated heterocycles. The molecule has 8 nitrogen and oxygen atoms in total. The molecular formula is C28H31FN4O4. The van der Waals surface area contributed by atoms with Gasteiger partial charge in [0.15, 0.2) is 5.76 Å². The molecule has 37 heavy (non-hydrogen) atoms. The van der Waals surface area contributed by atoms with E-state index in [4.69, 9.17) is 4.42 Å². The maximum absolute atomic E-state index is 13.6. The van der Waals surface area contributed by atoms with Gasteiger partial charge in [0, 0.05) is 56.2 Å². The zero-order valence-electron chi connectivity index (χ0n) is 21.1. The lowest BCUT2D eigenvalue weighted by molar-refractivity contribution is 0.0760. The van der Waals surface area contributed by atoms with Gasteiger partial charge in [0.2, 0.25) is 0 Å². The Labute approximate surface area is 215 Å². The van der Waals surface area contributed by atoms with Crippen LogP contribution in [0.25, 0.3) is 0 Å². The van der Waals surface area contributed by atoms with E-state index in [1.807, 2.05) is 19.9 Å². The Morgan fingerprint density at radius 3 is 2.49 bits per heavy atom. The maximum Gasteiger partial charge on any atom is 0.291 e. The summed E-state index contributed by atoms with van der Waals surface area (Å²) in [5.74, 6) is -1.01. The van der Waals surface area contributed by atoms with Crippen molar-refractivity contribution in [3.8, 4) is 0 Å². The van der Waals surface area contributed by atoms with Crippen LogP contribution in [0.3, 0.4) is 0 Å². The van der Waals surface area contributed by atoms with Crippen molar-refractivity contribution in [2.75, 3.05) is 49.5 Å². The van der Waals surface area contributed by atoms with Gasteiger partial charge in [-0.15, -0.1) is 0 Å². The van der Waals surface area contributed by atoms with Gasteiger partial charge in [-0.2, -0.15) is 0 Å². The molecule has 1 fully saturated rings. The molecule has 1 N–H and O–H groups in total. The molecule has 194 valence electrons. The molecule has 1 aliphatic heterocycles. The van der Waals surface area contributed by atoms with E-state index < -0.39 is 11.7 Å². The number of benzene rings is 2. The average molecular weight is 507 g/mol. The number of carbonyl (C=O) groups is 3. The summed E-state index contributed by atoms with van der Waals surface area (Å²) < 4.78 is 18.8. The Morgan fingerprint density at radius 1 is 0.973 bits per heavy atom. The van der Waals surface area contributed by atoms with Gasteiger partial charge in [0.25, 0.3) is 17.7 Å². The lowest BCUT2D eigenvalue weighted by Gasteiger charge is -2.28. The molecule has 0 radical (unpaired) electrons. The fourth-order valence-electron chi connectivity index (χ4n) is 4.51. The highest BCUT2D eigenvalue weighted by atomic mass is 19.1. The third-order valence-electron chi connectivity index (χ3n) is 6.48. The predicted molar refractivity (Wildman–Crippen MR) is 139 cm³/mol. The van der Waals surface area contributed by atoms with Crippen molar-refractivity contribution in [3.63, 3.8) is 0 Å². The molecule has 0 unspecified atom stereocenters. The standard InChI is InChI=1S/C28H31FN4O4/c1-3-31(4-2)28(36)23-19-22(30-26(34)25-10-6-17-37-25)11-12-24(23)32-13-7-14-33(16-15-32)27(35)20-8-5-9-21(29)18-20/h5-6,8-12,17-19H,3-4,7,13-16H2,1-2H3,(H,30,34). The van der Waals surface area contributed by atoms with E-state index in [2.05, 4.69) is 10.2 Å². The van der Waals surface area contributed by atoms with Crippen LogP contribution in [0.1, 0.15) is 51.5 Å². The SMILES string of the molecule is CCN(CC)C(=O)c1cc(NC(=O)c2ccco2)ccc1N1CCCN(C(=O)c2cccc(F)c2)CC1. The number of halogens is 1. The summed E-state index contributed by atoms with van der Waals surface area (Å²) in [4.78, 5) is 44.5. The summed E-state index contributed by atoms with van der Waals surface area (Å²) in [5.41, 5.74) is 2.03. The number of hydrogen-bond donors (Lipinski definition) is 1. The highest BCUT2D eigenvalue weighted by Crippen LogP contribution is 2.28. The van der Waals surface area contributed by atoms with Gasteiger partial charge in [0.1, 0.15) is 5.82 Å². The molecular weight excluding hydrogens is 475 g/mol. The summed E-state index contributed by atoms with van der Waals surface area (Å²) in [6, 6.07) is 14.2. The molecule has 4 rings (SSSR count). The monoisotopic (exact) mass is 506 g/mol. The van der Waals surface area contributed by atoms with Crippen molar-refractivity contribution in [3.05, 3.63) is 83.6 Å². The maximum atomic E-state index is 13.6. The quantitative estimate of drug-likeness (QED) is 0.510. The van der Waals surface area contributed by atoms with Crippen LogP contribution < -0.4 is 10.2 Å². The normalized spacial score (nSPS) is 13.7. The van der Waals surface area contributed by atoms with Crippen molar-refractivity contribution in [2.45, 2.75) is 20.3 Å². The zero-order chi connectivity index (χ0) is 26.4. The molecule has 0 atom stereocenters. The second kappa shape index (κ2) is 11.7. The van der Waals surface area contributed by atoms with E-state index in [-0.39, 0.29) is 17.6 Å². The Balaban J connectivity index is 1.57. The molecule has 0 saturated carbocycles. The largest absolute Gasteiger partial charge is 0.459 e. The Hall–Kier alpha value is -4.14. The van der Waals surface area contributed by atoms with Gasteiger partial charge in [-0.25, -0.2) is 4.39 Å². The first-order valence-corrected chi connectivity index (χ1v) is 12.5. The van der Waals surface area contributed by atoms with Crippen LogP contribution >= 0.6 is 0 Å². The first-order valence-electron chi connectivity index (χ1n) is 12.5. The number of hydrogen-bond acceptors (Lipinski definition) is 5. The molecule has 1 aliphatic rings. The third kappa shape index (κ3) is 5.99. The number of amides is 3. The minimum atomic E-state index is -0.443. The van der Waals surface area contributed by atoms with Crippen molar-refractivity contribution in [2.24, 2.45) is 0 Å². The lowest BCUT2D eigenvalue weighted by atomic mass is 10.1. The van der Waals surface area contributed by atoms with E-state index >= 15 is 0 Å². The number of furan rings is 1. The zero-order valence-corrected chi connectivity index (χ0v) is 21.1. The van der Waals surface area contributed by atoms with E-state index in [9.17, 15) is 18.8 Å². The number of nitrogens with zero attached hydrogens (tertiary/aromatic N) is 3. The summed E-state index contributed by atoms with van der Waals surface area (Å²) in [6.07, 6.45) is 2.12. The smallest absolute Gasteiger partial charge is 0.291 e. The molecule has 2 aromatic carbocycles. The van der Waals surface area contributed by atoms with E-state index in [1.54, 1.807) is 40.1 Å². The van der Waals surface area contributed by atoms with Crippen LogP contribution in [0, 0.1) is 5.82 Å². The number of rotatable bonds is 7. The fraction of sp³-hybridized carbons (Fsp3) is 0.321. The molecule has 3 aromatic rings. The first kappa shape index (κ1) is 25.9. The summed E-state index contributed by atoms with van der Waals surface area (Å²) in [6.45, 7) is 7.06. The van der Waals surface area contributed by atoms with Crippen molar-refractivity contribution in [1.82, 2.24) is 9.80 Å². The number of nitrogens with one attached hydrogen (secondary N) is 1. The minimum Gasteiger partial charge on any atom is -0.459 e. The van der Waals surface area contributed by atoms with Gasteiger partial charge in [0.05, 0.1) is 11.8 Å². The summed E-state index contributed by atoms with van der Waals surface area (Å²) in [5, 5.41) is 2.80. The molecule has 3 amide bonds. The average Bonchev–Trinajstić information content (AvgIpc) is 3.34. The highest BCUT2D eigenvalue weighted by Gasteiger charge is 2.25. The Morgan fingerprint density at radius 2 is 1.78 bits per heavy atom. The van der Waals surface area contributed by atoms with Crippen LogP contribution in [0.4, 0.5) is 15.8 Å². The number of carbonyl (C=O) groups excluding carboxylic acids is 3. The van der Waals surface area contributed by atoms with Crippen LogP contribution in [-0.4, -0.2) is 66.8 Å². The third-order valence-corrected chi connectivity index (χ3v) is 6.48. The van der Waals surface area contributed by atoms with Crippen molar-refractivity contribution < 1.29 is 23.2 Å². The van der Waals surface area contributed by atoms with Crippen LogP contribution in [0.2, 0.25) is 0 Å². The Kier molecular flexibility index (Phi) is 8.22. The minimum absolute atomic E-state index is 0.133. The molecule has 0 spiro atoms. The van der Waals surface area contributed by atoms with Gasteiger partial charge in [-0.1, -0.05) is 6.07 Å². The van der Waals surface area contributed by atoms with Crippen molar-refractivity contribution in [1.29, 1.82) is 0 Å². The molecule has 9 heteroatoms. The second-order valence-electron chi connectivity index (χ2n) is 8.78. The second-order valence-corrected chi connectivity index (χ2v) is 8.78.